The Labute approximate surface area is 116 Å². The quantitative estimate of drug-likeness (QED) is 0.365. The minimum Gasteiger partial charge on any atom is -0.395 e. The molecule has 6 nitrogen and oxygen atoms in total. The zero-order chi connectivity index (χ0) is 14.1. The Morgan fingerprint density at radius 2 is 2.25 bits per heavy atom. The molecular formula is C14H17N5O. The smallest absolute Gasteiger partial charge is 0.167 e. The molecule has 0 radical (unpaired) electrons. The summed E-state index contributed by atoms with van der Waals surface area (Å²) in [6, 6.07) is 4.15. The fourth-order valence-corrected chi connectivity index (χ4v) is 2.25. The molecule has 1 aliphatic rings. The van der Waals surface area contributed by atoms with Gasteiger partial charge in [0.05, 0.1) is 17.9 Å². The van der Waals surface area contributed by atoms with Crippen molar-refractivity contribution in [2.24, 2.45) is 11.6 Å². The average molecular weight is 271 g/mol. The van der Waals surface area contributed by atoms with Crippen molar-refractivity contribution in [3.63, 3.8) is 0 Å². The van der Waals surface area contributed by atoms with Gasteiger partial charge in [0, 0.05) is 18.6 Å². The van der Waals surface area contributed by atoms with Crippen molar-refractivity contribution in [1.82, 2.24) is 14.4 Å². The van der Waals surface area contributed by atoms with Gasteiger partial charge in [-0.15, -0.1) is 0 Å². The van der Waals surface area contributed by atoms with Crippen molar-refractivity contribution in [1.29, 1.82) is 0 Å². The Morgan fingerprint density at radius 1 is 1.45 bits per heavy atom. The molecule has 1 aliphatic carbocycles. The number of nitrogens with zero attached hydrogens (tertiary/aromatic N) is 3. The van der Waals surface area contributed by atoms with Gasteiger partial charge in [0.1, 0.15) is 5.65 Å². The second-order valence-corrected chi connectivity index (χ2v) is 5.15. The van der Waals surface area contributed by atoms with Crippen LogP contribution in [0.4, 0.5) is 0 Å². The molecule has 3 rings (SSSR count). The first-order chi connectivity index (χ1) is 9.65. The third-order valence-electron chi connectivity index (χ3n) is 3.37. The number of hydrogen-bond acceptors (Lipinski definition) is 5. The van der Waals surface area contributed by atoms with Crippen LogP contribution in [0.3, 0.4) is 0 Å². The maximum absolute atomic E-state index is 10.4. The maximum atomic E-state index is 10.4. The number of hydrogen-bond donors (Lipinski definition) is 2. The zero-order valence-electron chi connectivity index (χ0n) is 11.1. The Kier molecular flexibility index (Phi) is 3.15. The van der Waals surface area contributed by atoms with Gasteiger partial charge in [-0.2, -0.15) is 0 Å². The molecule has 4 N–H and O–H groups in total. The van der Waals surface area contributed by atoms with Crippen LogP contribution in [0, 0.1) is 0 Å². The minimum atomic E-state index is 0.0901. The molecule has 6 heteroatoms. The predicted octanol–water partition coefficient (Wildman–Crippen LogP) is 0.886. The van der Waals surface area contributed by atoms with E-state index in [2.05, 4.69) is 17.2 Å². The molecule has 0 unspecified atom stereocenters. The summed E-state index contributed by atoms with van der Waals surface area (Å²) < 4.78 is 2.02. The molecule has 0 aromatic carbocycles. The lowest BCUT2D eigenvalue weighted by Gasteiger charge is -2.11. The van der Waals surface area contributed by atoms with Crippen LogP contribution in [-0.4, -0.2) is 20.7 Å². The highest BCUT2D eigenvalue weighted by Crippen LogP contribution is 2.39. The Morgan fingerprint density at radius 3 is 2.95 bits per heavy atom. The molecule has 2 aromatic rings. The van der Waals surface area contributed by atoms with Gasteiger partial charge in [-0.05, 0) is 30.4 Å². The highest BCUT2D eigenvalue weighted by atomic mass is 16.1. The first kappa shape index (κ1) is 12.7. The maximum Gasteiger partial charge on any atom is 0.167 e. The van der Waals surface area contributed by atoms with E-state index in [4.69, 9.17) is 11.6 Å². The summed E-state index contributed by atoms with van der Waals surface area (Å²) >= 11 is 0. The second kappa shape index (κ2) is 4.97. The van der Waals surface area contributed by atoms with Crippen LogP contribution in [0.2, 0.25) is 0 Å². The SMILES string of the molecule is N/C(C=O)=C\N(N)Cc1cn2cc(C3CC3)ccc2n1. The molecule has 20 heavy (non-hydrogen) atoms. The molecular weight excluding hydrogens is 254 g/mol. The number of carbonyl (C=O) groups excluding carboxylic acids is 1. The Hall–Kier alpha value is -2.34. The van der Waals surface area contributed by atoms with Gasteiger partial charge in [0.15, 0.2) is 6.29 Å². The molecule has 0 spiro atoms. The van der Waals surface area contributed by atoms with Crippen LogP contribution in [0.1, 0.15) is 30.0 Å². The van der Waals surface area contributed by atoms with E-state index in [1.54, 1.807) is 0 Å². The summed E-state index contributed by atoms with van der Waals surface area (Å²) in [4.78, 5) is 14.9. The van der Waals surface area contributed by atoms with E-state index in [0.29, 0.717) is 18.7 Å². The molecule has 0 amide bonds. The van der Waals surface area contributed by atoms with Crippen LogP contribution in [-0.2, 0) is 11.3 Å². The second-order valence-electron chi connectivity index (χ2n) is 5.15. The number of nitrogens with two attached hydrogens (primary N) is 2. The van der Waals surface area contributed by atoms with Crippen molar-refractivity contribution < 1.29 is 4.79 Å². The summed E-state index contributed by atoms with van der Waals surface area (Å²) in [5.74, 6) is 6.48. The normalized spacial score (nSPS) is 15.6. The number of hydrazine groups is 1. The van der Waals surface area contributed by atoms with Crippen molar-refractivity contribution in [2.75, 3.05) is 0 Å². The van der Waals surface area contributed by atoms with Crippen LogP contribution in [0.15, 0.2) is 36.4 Å². The van der Waals surface area contributed by atoms with Crippen LogP contribution >= 0.6 is 0 Å². The number of allylic oxidation sites excluding steroid dienone is 1. The molecule has 2 aromatic heterocycles. The third-order valence-corrected chi connectivity index (χ3v) is 3.37. The van der Waals surface area contributed by atoms with E-state index < -0.39 is 0 Å². The lowest BCUT2D eigenvalue weighted by molar-refractivity contribution is -0.105. The highest BCUT2D eigenvalue weighted by molar-refractivity contribution is 5.71. The largest absolute Gasteiger partial charge is 0.395 e. The number of aldehydes is 1. The van der Waals surface area contributed by atoms with E-state index in [1.807, 2.05) is 16.7 Å². The monoisotopic (exact) mass is 271 g/mol. The van der Waals surface area contributed by atoms with Gasteiger partial charge < -0.3 is 15.1 Å². The molecule has 1 fully saturated rings. The molecule has 2 heterocycles. The fraction of sp³-hybridized carbons (Fsp3) is 0.286. The first-order valence-electron chi connectivity index (χ1n) is 6.57. The Balaban J connectivity index is 1.80. The fourth-order valence-electron chi connectivity index (χ4n) is 2.25. The van der Waals surface area contributed by atoms with Gasteiger partial charge in [-0.3, -0.25) is 4.79 Å². The standard InChI is InChI=1S/C14H17N5O/c15-12(9-20)6-19(16)8-13-7-18-5-11(10-1-2-10)3-4-14(18)17-13/h3-7,9-10H,1-2,8,15-16H2/b12-6-. The minimum absolute atomic E-state index is 0.0901. The number of pyridine rings is 1. The van der Waals surface area contributed by atoms with Crippen molar-refractivity contribution in [2.45, 2.75) is 25.3 Å². The number of imidazole rings is 1. The molecule has 1 saturated carbocycles. The number of aromatic nitrogens is 2. The zero-order valence-corrected chi connectivity index (χ0v) is 11.1. The molecule has 104 valence electrons. The summed E-state index contributed by atoms with van der Waals surface area (Å²) in [7, 11) is 0. The third kappa shape index (κ3) is 2.65. The van der Waals surface area contributed by atoms with E-state index in [1.165, 1.54) is 29.6 Å². The van der Waals surface area contributed by atoms with Crippen LogP contribution < -0.4 is 11.6 Å². The lowest BCUT2D eigenvalue weighted by Crippen LogP contribution is -2.26. The van der Waals surface area contributed by atoms with E-state index in [0.717, 1.165) is 11.3 Å². The van der Waals surface area contributed by atoms with Crippen molar-refractivity contribution >= 4 is 11.9 Å². The molecule has 0 saturated heterocycles. The van der Waals surface area contributed by atoms with Crippen molar-refractivity contribution in [3.05, 3.63) is 47.7 Å². The summed E-state index contributed by atoms with van der Waals surface area (Å²) in [6.45, 7) is 0.398. The lowest BCUT2D eigenvalue weighted by atomic mass is 10.2. The summed E-state index contributed by atoms with van der Waals surface area (Å²) in [6.07, 6.45) is 8.59. The topological polar surface area (TPSA) is 89.7 Å². The molecule has 0 atom stereocenters. The van der Waals surface area contributed by atoms with E-state index in [-0.39, 0.29) is 5.70 Å². The molecule has 0 bridgehead atoms. The first-order valence-corrected chi connectivity index (χ1v) is 6.57. The van der Waals surface area contributed by atoms with E-state index in [9.17, 15) is 4.79 Å². The van der Waals surface area contributed by atoms with Gasteiger partial charge in [-0.25, -0.2) is 10.8 Å². The number of rotatable bonds is 5. The van der Waals surface area contributed by atoms with E-state index >= 15 is 0 Å². The highest BCUT2D eigenvalue weighted by Gasteiger charge is 2.23. The van der Waals surface area contributed by atoms with Crippen molar-refractivity contribution in [3.8, 4) is 0 Å². The predicted molar refractivity (Wildman–Crippen MR) is 75.2 cm³/mol. The van der Waals surface area contributed by atoms with Gasteiger partial charge in [0.2, 0.25) is 0 Å². The summed E-state index contributed by atoms with van der Waals surface area (Å²) in [5, 5.41) is 1.35. The number of fused-ring (bicyclic) bond motifs is 1. The molecule has 0 aliphatic heterocycles. The van der Waals surface area contributed by atoms with Crippen LogP contribution in [0.25, 0.3) is 5.65 Å². The van der Waals surface area contributed by atoms with Gasteiger partial charge in [-0.1, -0.05) is 6.07 Å². The van der Waals surface area contributed by atoms with Gasteiger partial charge >= 0.3 is 0 Å². The summed E-state index contributed by atoms with van der Waals surface area (Å²) in [5.41, 5.74) is 8.58. The Bertz CT molecular complexity index is 671. The van der Waals surface area contributed by atoms with Gasteiger partial charge in [0.25, 0.3) is 0 Å². The van der Waals surface area contributed by atoms with Crippen LogP contribution in [0.5, 0.6) is 0 Å². The number of carbonyl (C=O) groups is 1. The average Bonchev–Trinajstić information content (AvgIpc) is 3.19.